The summed E-state index contributed by atoms with van der Waals surface area (Å²) in [6.07, 6.45) is 0. The van der Waals surface area contributed by atoms with Crippen LogP contribution in [0.15, 0.2) is 24.3 Å². The molecule has 1 atom stereocenters. The number of benzene rings is 1. The van der Waals surface area contributed by atoms with Gasteiger partial charge in [0.25, 0.3) is 0 Å². The molecule has 4 nitrogen and oxygen atoms in total. The van der Waals surface area contributed by atoms with Crippen LogP contribution < -0.4 is 16.2 Å². The Labute approximate surface area is 90.2 Å². The molecule has 0 aliphatic rings. The number of methoxy groups -OCH3 is 1. The van der Waals surface area contributed by atoms with E-state index in [0.29, 0.717) is 19.8 Å². The van der Waals surface area contributed by atoms with Crippen molar-refractivity contribution in [2.75, 3.05) is 26.9 Å². The van der Waals surface area contributed by atoms with Crippen LogP contribution in [0.4, 0.5) is 0 Å². The van der Waals surface area contributed by atoms with E-state index in [1.54, 1.807) is 7.11 Å². The molecule has 0 bridgehead atoms. The van der Waals surface area contributed by atoms with E-state index in [1.807, 2.05) is 24.3 Å². The molecule has 0 fully saturated rings. The maximum atomic E-state index is 5.78. The fraction of sp³-hybridized carbons (Fsp3) is 0.455. The molecule has 0 aromatic heterocycles. The van der Waals surface area contributed by atoms with E-state index in [-0.39, 0.29) is 6.04 Å². The quantitative estimate of drug-likeness (QED) is 0.677. The smallest absolute Gasteiger partial charge is 0.119 e. The molecule has 1 rings (SSSR count). The molecule has 0 aliphatic heterocycles. The molecule has 0 radical (unpaired) electrons. The van der Waals surface area contributed by atoms with E-state index >= 15 is 0 Å². The van der Waals surface area contributed by atoms with Crippen molar-refractivity contribution in [1.29, 1.82) is 0 Å². The fourth-order valence-corrected chi connectivity index (χ4v) is 1.19. The van der Waals surface area contributed by atoms with E-state index in [4.69, 9.17) is 20.9 Å². The molecule has 0 aliphatic carbocycles. The lowest BCUT2D eigenvalue weighted by molar-refractivity contribution is 0.146. The molecule has 0 amide bonds. The highest BCUT2D eigenvalue weighted by Crippen LogP contribution is 2.15. The van der Waals surface area contributed by atoms with E-state index in [2.05, 4.69) is 0 Å². The van der Waals surface area contributed by atoms with Gasteiger partial charge in [0.15, 0.2) is 0 Å². The minimum absolute atomic E-state index is 0.0991. The Hall–Kier alpha value is -1.10. The topological polar surface area (TPSA) is 70.5 Å². The van der Waals surface area contributed by atoms with Crippen molar-refractivity contribution in [3.63, 3.8) is 0 Å². The van der Waals surface area contributed by atoms with E-state index < -0.39 is 0 Å². The average molecular weight is 210 g/mol. The van der Waals surface area contributed by atoms with Crippen molar-refractivity contribution >= 4 is 0 Å². The van der Waals surface area contributed by atoms with Gasteiger partial charge in [-0.3, -0.25) is 0 Å². The summed E-state index contributed by atoms with van der Waals surface area (Å²) in [5.41, 5.74) is 12.3. The van der Waals surface area contributed by atoms with E-state index in [0.717, 1.165) is 11.3 Å². The predicted octanol–water partition coefficient (Wildman–Crippen LogP) is 0.670. The molecule has 4 heteroatoms. The minimum atomic E-state index is -0.0991. The highest BCUT2D eigenvalue weighted by atomic mass is 16.5. The summed E-state index contributed by atoms with van der Waals surface area (Å²) in [5.74, 6) is 0.819. The SMILES string of the molecule is COCCOc1ccc([C@@H](N)CN)cc1. The average Bonchev–Trinajstić information content (AvgIpc) is 2.29. The van der Waals surface area contributed by atoms with Crippen molar-refractivity contribution < 1.29 is 9.47 Å². The summed E-state index contributed by atoms with van der Waals surface area (Å²) in [7, 11) is 1.65. The summed E-state index contributed by atoms with van der Waals surface area (Å²) >= 11 is 0. The Kier molecular flexibility index (Phi) is 5.10. The van der Waals surface area contributed by atoms with Crippen molar-refractivity contribution in [3.05, 3.63) is 29.8 Å². The number of hydrogen-bond acceptors (Lipinski definition) is 4. The molecule has 15 heavy (non-hydrogen) atoms. The van der Waals surface area contributed by atoms with Crippen molar-refractivity contribution in [1.82, 2.24) is 0 Å². The van der Waals surface area contributed by atoms with Crippen LogP contribution in [-0.4, -0.2) is 26.9 Å². The van der Waals surface area contributed by atoms with Crippen molar-refractivity contribution in [2.45, 2.75) is 6.04 Å². The first-order valence-electron chi connectivity index (χ1n) is 4.95. The minimum Gasteiger partial charge on any atom is -0.491 e. The van der Waals surface area contributed by atoms with Gasteiger partial charge in [0.05, 0.1) is 6.61 Å². The summed E-state index contributed by atoms with van der Waals surface area (Å²) < 4.78 is 10.3. The number of ether oxygens (including phenoxy) is 2. The lowest BCUT2D eigenvalue weighted by Crippen LogP contribution is -2.20. The maximum Gasteiger partial charge on any atom is 0.119 e. The van der Waals surface area contributed by atoms with Crippen LogP contribution in [0.2, 0.25) is 0 Å². The Morgan fingerprint density at radius 3 is 2.40 bits per heavy atom. The van der Waals surface area contributed by atoms with Crippen LogP contribution in [0.25, 0.3) is 0 Å². The monoisotopic (exact) mass is 210 g/mol. The molecule has 0 spiro atoms. The molecule has 4 N–H and O–H groups in total. The lowest BCUT2D eigenvalue weighted by Gasteiger charge is -2.10. The molecule has 1 aromatic rings. The lowest BCUT2D eigenvalue weighted by atomic mass is 10.1. The Morgan fingerprint density at radius 2 is 1.87 bits per heavy atom. The highest BCUT2D eigenvalue weighted by Gasteiger charge is 2.02. The first-order valence-corrected chi connectivity index (χ1v) is 4.95. The zero-order valence-corrected chi connectivity index (χ0v) is 8.98. The Bertz CT molecular complexity index is 274. The second-order valence-electron chi connectivity index (χ2n) is 3.25. The number of nitrogens with two attached hydrogens (primary N) is 2. The second kappa shape index (κ2) is 6.40. The summed E-state index contributed by atoms with van der Waals surface area (Å²) in [4.78, 5) is 0. The summed E-state index contributed by atoms with van der Waals surface area (Å²) in [6, 6.07) is 7.54. The molecule has 0 saturated carbocycles. The molecular weight excluding hydrogens is 192 g/mol. The van der Waals surface area contributed by atoms with Gasteiger partial charge in [-0.1, -0.05) is 12.1 Å². The number of hydrogen-bond donors (Lipinski definition) is 2. The maximum absolute atomic E-state index is 5.78. The zero-order chi connectivity index (χ0) is 11.1. The molecule has 84 valence electrons. The van der Waals surface area contributed by atoms with Crippen LogP contribution >= 0.6 is 0 Å². The third-order valence-corrected chi connectivity index (χ3v) is 2.12. The van der Waals surface area contributed by atoms with Gasteiger partial charge in [-0.25, -0.2) is 0 Å². The van der Waals surface area contributed by atoms with Crippen molar-refractivity contribution in [3.8, 4) is 5.75 Å². The van der Waals surface area contributed by atoms with E-state index in [1.165, 1.54) is 0 Å². The Morgan fingerprint density at radius 1 is 1.20 bits per heavy atom. The van der Waals surface area contributed by atoms with Gasteiger partial charge in [-0.2, -0.15) is 0 Å². The molecule has 0 unspecified atom stereocenters. The zero-order valence-electron chi connectivity index (χ0n) is 8.98. The van der Waals surface area contributed by atoms with Crippen LogP contribution in [0.1, 0.15) is 11.6 Å². The van der Waals surface area contributed by atoms with Crippen LogP contribution in [-0.2, 0) is 4.74 Å². The third kappa shape index (κ3) is 3.87. The van der Waals surface area contributed by atoms with Crippen LogP contribution in [0, 0.1) is 0 Å². The first-order chi connectivity index (χ1) is 7.27. The van der Waals surface area contributed by atoms with Gasteiger partial charge >= 0.3 is 0 Å². The molecular formula is C11H18N2O2. The Balaban J connectivity index is 2.49. The molecule has 0 heterocycles. The third-order valence-electron chi connectivity index (χ3n) is 2.12. The number of rotatable bonds is 6. The van der Waals surface area contributed by atoms with Crippen LogP contribution in [0.3, 0.4) is 0 Å². The predicted molar refractivity (Wildman–Crippen MR) is 59.8 cm³/mol. The van der Waals surface area contributed by atoms with Gasteiger partial charge in [0.1, 0.15) is 12.4 Å². The van der Waals surface area contributed by atoms with Crippen molar-refractivity contribution in [2.24, 2.45) is 11.5 Å². The largest absolute Gasteiger partial charge is 0.491 e. The second-order valence-corrected chi connectivity index (χ2v) is 3.25. The highest BCUT2D eigenvalue weighted by molar-refractivity contribution is 5.29. The first kappa shape index (κ1) is 12.0. The summed E-state index contributed by atoms with van der Waals surface area (Å²) in [5, 5.41) is 0. The van der Waals surface area contributed by atoms with E-state index in [9.17, 15) is 0 Å². The molecule has 0 saturated heterocycles. The van der Waals surface area contributed by atoms with Gasteiger partial charge in [-0.15, -0.1) is 0 Å². The van der Waals surface area contributed by atoms with Gasteiger partial charge < -0.3 is 20.9 Å². The normalized spacial score (nSPS) is 12.5. The standard InChI is InChI=1S/C11H18N2O2/c1-14-6-7-15-10-4-2-9(3-5-10)11(13)8-12/h2-5,11H,6-8,12-13H2,1H3/t11-/m0/s1. The fourth-order valence-electron chi connectivity index (χ4n) is 1.19. The van der Waals surface area contributed by atoms with Gasteiger partial charge in [0.2, 0.25) is 0 Å². The van der Waals surface area contributed by atoms with Gasteiger partial charge in [0, 0.05) is 19.7 Å². The molecule has 1 aromatic carbocycles. The van der Waals surface area contributed by atoms with Gasteiger partial charge in [-0.05, 0) is 17.7 Å². The van der Waals surface area contributed by atoms with Crippen LogP contribution in [0.5, 0.6) is 5.75 Å². The summed E-state index contributed by atoms with van der Waals surface area (Å²) in [6.45, 7) is 1.59.